The summed E-state index contributed by atoms with van der Waals surface area (Å²) in [6, 6.07) is 3.37. The van der Waals surface area contributed by atoms with Crippen LogP contribution in [0.5, 0.6) is 0 Å². The van der Waals surface area contributed by atoms with E-state index in [2.05, 4.69) is 34.0 Å². The highest BCUT2D eigenvalue weighted by atomic mass is 32.2. The second kappa shape index (κ2) is 6.04. The molecule has 8 heteroatoms. The molecule has 2 unspecified atom stereocenters. The molecule has 1 saturated heterocycles. The Balaban J connectivity index is 2.07. The molecule has 2 heterocycles. The van der Waals surface area contributed by atoms with Crippen LogP contribution in [0, 0.1) is 0 Å². The molecule has 1 aliphatic heterocycles. The maximum absolute atomic E-state index is 12.3. The van der Waals surface area contributed by atoms with Gasteiger partial charge in [-0.3, -0.25) is 0 Å². The summed E-state index contributed by atoms with van der Waals surface area (Å²) in [5.74, 6) is 5.63. The molecule has 1 aromatic rings. The zero-order valence-electron chi connectivity index (χ0n) is 11.7. The molecule has 2 atom stereocenters. The van der Waals surface area contributed by atoms with Crippen LogP contribution in [0.4, 0.5) is 5.82 Å². The van der Waals surface area contributed by atoms with E-state index in [1.54, 1.807) is 0 Å². The van der Waals surface area contributed by atoms with Gasteiger partial charge in [0.15, 0.2) is 0 Å². The predicted molar refractivity (Wildman–Crippen MR) is 77.5 cm³/mol. The number of nitrogen functional groups attached to an aromatic ring is 1. The van der Waals surface area contributed by atoms with Crippen LogP contribution in [-0.2, 0) is 10.0 Å². The number of nitrogens with zero attached hydrogens (tertiary/aromatic N) is 2. The van der Waals surface area contributed by atoms with Crippen LogP contribution in [-0.4, -0.2) is 44.0 Å². The van der Waals surface area contributed by atoms with Crippen molar-refractivity contribution in [2.45, 2.75) is 36.7 Å². The van der Waals surface area contributed by atoms with E-state index in [9.17, 15) is 8.42 Å². The van der Waals surface area contributed by atoms with E-state index in [0.717, 1.165) is 19.4 Å². The molecule has 1 aliphatic rings. The van der Waals surface area contributed by atoms with Crippen molar-refractivity contribution in [3.05, 3.63) is 18.3 Å². The maximum atomic E-state index is 12.3. The normalized spacial score (nSPS) is 24.6. The monoisotopic (exact) mass is 299 g/mol. The molecule has 0 bridgehead atoms. The summed E-state index contributed by atoms with van der Waals surface area (Å²) in [5.41, 5.74) is 2.37. The number of hydrogen-bond acceptors (Lipinski definition) is 6. The minimum Gasteiger partial charge on any atom is -0.308 e. The van der Waals surface area contributed by atoms with Crippen LogP contribution in [0.2, 0.25) is 0 Å². The summed E-state index contributed by atoms with van der Waals surface area (Å²) in [6.45, 7) is 2.99. The fourth-order valence-corrected chi connectivity index (χ4v) is 3.54. The summed E-state index contributed by atoms with van der Waals surface area (Å²) < 4.78 is 27.3. The first-order valence-corrected chi connectivity index (χ1v) is 8.06. The largest absolute Gasteiger partial charge is 0.308 e. The number of rotatable bonds is 4. The first-order chi connectivity index (χ1) is 9.42. The van der Waals surface area contributed by atoms with E-state index in [4.69, 9.17) is 5.84 Å². The molecule has 0 aliphatic carbocycles. The van der Waals surface area contributed by atoms with Gasteiger partial charge in [-0.2, -0.15) is 0 Å². The average Bonchev–Trinajstić information content (AvgIpc) is 2.43. The summed E-state index contributed by atoms with van der Waals surface area (Å²) in [4.78, 5) is 6.31. The Bertz CT molecular complexity index is 545. The van der Waals surface area contributed by atoms with Gasteiger partial charge in [-0.25, -0.2) is 24.0 Å². The third-order valence-electron chi connectivity index (χ3n) is 3.72. The summed E-state index contributed by atoms with van der Waals surface area (Å²) in [6.07, 6.45) is 2.93. The van der Waals surface area contributed by atoms with E-state index < -0.39 is 10.0 Å². The first kappa shape index (κ1) is 15.2. The van der Waals surface area contributed by atoms with Crippen molar-refractivity contribution >= 4 is 15.8 Å². The lowest BCUT2D eigenvalue weighted by Gasteiger charge is -2.35. The number of nitrogens with one attached hydrogen (secondary N) is 2. The highest BCUT2D eigenvalue weighted by Gasteiger charge is 2.27. The van der Waals surface area contributed by atoms with Gasteiger partial charge >= 0.3 is 0 Å². The minimum atomic E-state index is -3.53. The Labute approximate surface area is 119 Å². The van der Waals surface area contributed by atoms with Gasteiger partial charge in [0.05, 0.1) is 0 Å². The second-order valence-corrected chi connectivity index (χ2v) is 6.91. The number of pyridine rings is 1. The maximum Gasteiger partial charge on any atom is 0.242 e. The quantitative estimate of drug-likeness (QED) is 0.540. The summed E-state index contributed by atoms with van der Waals surface area (Å²) in [7, 11) is -1.47. The number of anilines is 1. The molecule has 0 aromatic carbocycles. The van der Waals surface area contributed by atoms with Crippen molar-refractivity contribution < 1.29 is 8.42 Å². The van der Waals surface area contributed by atoms with Crippen molar-refractivity contribution in [3.63, 3.8) is 0 Å². The zero-order chi connectivity index (χ0) is 14.8. The van der Waals surface area contributed by atoms with Crippen molar-refractivity contribution in [1.29, 1.82) is 0 Å². The van der Waals surface area contributed by atoms with Gasteiger partial charge in [0.25, 0.3) is 0 Å². The molecular formula is C12H21N5O2S. The minimum absolute atomic E-state index is 0.0292. The number of hydrogen-bond donors (Lipinski definition) is 3. The lowest BCUT2D eigenvalue weighted by molar-refractivity contribution is 0.178. The second-order valence-electron chi connectivity index (χ2n) is 5.20. The van der Waals surface area contributed by atoms with Gasteiger partial charge < -0.3 is 10.3 Å². The van der Waals surface area contributed by atoms with E-state index in [1.807, 2.05) is 0 Å². The topological polar surface area (TPSA) is 100 Å². The standard InChI is InChI=1S/C12H21N5O2S/c1-9-7-10(5-6-17(9)2)16-20(18,19)11-3-4-12(15-13)14-8-11/h3-4,8-10,16H,5-7,13H2,1-2H3,(H,14,15). The van der Waals surface area contributed by atoms with Gasteiger partial charge in [0.1, 0.15) is 10.7 Å². The highest BCUT2D eigenvalue weighted by Crippen LogP contribution is 2.18. The first-order valence-electron chi connectivity index (χ1n) is 6.57. The number of piperidine rings is 1. The van der Waals surface area contributed by atoms with Crippen molar-refractivity contribution in [2.24, 2.45) is 5.84 Å². The van der Waals surface area contributed by atoms with Gasteiger partial charge in [-0.05, 0) is 45.5 Å². The van der Waals surface area contributed by atoms with Crippen molar-refractivity contribution in [1.82, 2.24) is 14.6 Å². The molecule has 0 saturated carbocycles. The van der Waals surface area contributed by atoms with E-state index in [-0.39, 0.29) is 10.9 Å². The number of hydrazine groups is 1. The number of aromatic nitrogens is 1. The predicted octanol–water partition coefficient (Wildman–Crippen LogP) is 0.128. The highest BCUT2D eigenvalue weighted by molar-refractivity contribution is 7.89. The number of sulfonamides is 1. The fraction of sp³-hybridized carbons (Fsp3) is 0.583. The number of likely N-dealkylation sites (tertiary alicyclic amines) is 1. The molecule has 112 valence electrons. The smallest absolute Gasteiger partial charge is 0.242 e. The van der Waals surface area contributed by atoms with Crippen molar-refractivity contribution in [3.8, 4) is 0 Å². The van der Waals surface area contributed by atoms with E-state index in [0.29, 0.717) is 11.9 Å². The van der Waals surface area contributed by atoms with Crippen LogP contribution in [0.15, 0.2) is 23.2 Å². The van der Waals surface area contributed by atoms with E-state index >= 15 is 0 Å². The molecule has 1 aromatic heterocycles. The van der Waals surface area contributed by atoms with Crippen LogP contribution >= 0.6 is 0 Å². The average molecular weight is 299 g/mol. The molecule has 2 rings (SSSR count). The van der Waals surface area contributed by atoms with Crippen LogP contribution in [0.1, 0.15) is 19.8 Å². The third-order valence-corrected chi connectivity index (χ3v) is 5.23. The van der Waals surface area contributed by atoms with Crippen LogP contribution in [0.3, 0.4) is 0 Å². The Morgan fingerprint density at radius 2 is 2.20 bits per heavy atom. The van der Waals surface area contributed by atoms with Gasteiger partial charge in [0, 0.05) is 18.3 Å². The SMILES string of the molecule is CC1CC(NS(=O)(=O)c2ccc(NN)nc2)CCN1C. The lowest BCUT2D eigenvalue weighted by atomic mass is 10.0. The molecule has 20 heavy (non-hydrogen) atoms. The fourth-order valence-electron chi connectivity index (χ4n) is 2.31. The Kier molecular flexibility index (Phi) is 4.59. The molecular weight excluding hydrogens is 278 g/mol. The van der Waals surface area contributed by atoms with Crippen LogP contribution in [0.25, 0.3) is 0 Å². The Morgan fingerprint density at radius 1 is 1.45 bits per heavy atom. The van der Waals surface area contributed by atoms with Crippen molar-refractivity contribution in [2.75, 3.05) is 19.0 Å². The zero-order valence-corrected chi connectivity index (χ0v) is 12.5. The van der Waals surface area contributed by atoms with Crippen LogP contribution < -0.4 is 16.0 Å². The summed E-state index contributed by atoms with van der Waals surface area (Å²) in [5, 5.41) is 0. The van der Waals surface area contributed by atoms with E-state index in [1.165, 1.54) is 18.3 Å². The van der Waals surface area contributed by atoms with Gasteiger partial charge in [0.2, 0.25) is 10.0 Å². The van der Waals surface area contributed by atoms with Gasteiger partial charge in [-0.1, -0.05) is 0 Å². The molecule has 0 radical (unpaired) electrons. The molecule has 1 fully saturated rings. The molecule has 7 nitrogen and oxygen atoms in total. The Morgan fingerprint density at radius 3 is 2.75 bits per heavy atom. The molecule has 0 spiro atoms. The Hall–Kier alpha value is -1.22. The molecule has 4 N–H and O–H groups in total. The van der Waals surface area contributed by atoms with Gasteiger partial charge in [-0.15, -0.1) is 0 Å². The molecule has 0 amide bonds. The third kappa shape index (κ3) is 3.45. The number of nitrogens with two attached hydrogens (primary N) is 1. The summed E-state index contributed by atoms with van der Waals surface area (Å²) >= 11 is 0. The lowest BCUT2D eigenvalue weighted by Crippen LogP contribution is -2.47.